The standard InChI is InChI=1S/C15H28N2O/c1-3-8-15(9-10-16-11-15)14(18)17-13-7-5-4-6-12(13)2/h12-13,16H,3-11H2,1-2H3,(H,17,18). The summed E-state index contributed by atoms with van der Waals surface area (Å²) in [6, 6.07) is 0.417. The first-order valence-corrected chi connectivity index (χ1v) is 7.69. The first-order valence-electron chi connectivity index (χ1n) is 7.69. The Morgan fingerprint density at radius 1 is 1.39 bits per heavy atom. The normalized spacial score (nSPS) is 36.6. The molecule has 1 aliphatic heterocycles. The van der Waals surface area contributed by atoms with Crippen molar-refractivity contribution in [2.45, 2.75) is 64.8 Å². The van der Waals surface area contributed by atoms with E-state index < -0.39 is 0 Å². The molecule has 3 nitrogen and oxygen atoms in total. The molecule has 2 rings (SSSR count). The first-order chi connectivity index (χ1) is 8.68. The molecule has 3 unspecified atom stereocenters. The lowest BCUT2D eigenvalue weighted by molar-refractivity contribution is -0.131. The molecule has 1 saturated carbocycles. The van der Waals surface area contributed by atoms with Crippen LogP contribution < -0.4 is 10.6 Å². The molecular weight excluding hydrogens is 224 g/mol. The van der Waals surface area contributed by atoms with Gasteiger partial charge in [0.15, 0.2) is 0 Å². The maximum Gasteiger partial charge on any atom is 0.227 e. The lowest BCUT2D eigenvalue weighted by Crippen LogP contribution is -2.49. The van der Waals surface area contributed by atoms with E-state index >= 15 is 0 Å². The molecule has 0 aromatic heterocycles. The van der Waals surface area contributed by atoms with Crippen molar-refractivity contribution in [1.82, 2.24) is 10.6 Å². The van der Waals surface area contributed by atoms with Crippen LogP contribution in [0.2, 0.25) is 0 Å². The van der Waals surface area contributed by atoms with Gasteiger partial charge >= 0.3 is 0 Å². The van der Waals surface area contributed by atoms with Crippen molar-refractivity contribution in [3.05, 3.63) is 0 Å². The highest BCUT2D eigenvalue weighted by Crippen LogP contribution is 2.32. The van der Waals surface area contributed by atoms with E-state index in [1.807, 2.05) is 0 Å². The van der Waals surface area contributed by atoms with Crippen molar-refractivity contribution in [1.29, 1.82) is 0 Å². The van der Waals surface area contributed by atoms with E-state index in [0.29, 0.717) is 17.9 Å². The average molecular weight is 252 g/mol. The van der Waals surface area contributed by atoms with E-state index in [-0.39, 0.29) is 5.41 Å². The molecular formula is C15H28N2O. The summed E-state index contributed by atoms with van der Waals surface area (Å²) >= 11 is 0. The fraction of sp³-hybridized carbons (Fsp3) is 0.933. The minimum absolute atomic E-state index is 0.119. The number of nitrogens with one attached hydrogen (secondary N) is 2. The Labute approximate surface area is 111 Å². The smallest absolute Gasteiger partial charge is 0.227 e. The van der Waals surface area contributed by atoms with Gasteiger partial charge in [-0.05, 0) is 38.1 Å². The molecule has 0 radical (unpaired) electrons. The topological polar surface area (TPSA) is 41.1 Å². The van der Waals surface area contributed by atoms with Crippen LogP contribution in [0.1, 0.15) is 58.8 Å². The summed E-state index contributed by atoms with van der Waals surface area (Å²) in [5.41, 5.74) is -0.119. The molecule has 1 heterocycles. The van der Waals surface area contributed by atoms with Crippen LogP contribution in [0.25, 0.3) is 0 Å². The fourth-order valence-corrected chi connectivity index (χ4v) is 3.60. The van der Waals surface area contributed by atoms with Gasteiger partial charge in [-0.3, -0.25) is 4.79 Å². The van der Waals surface area contributed by atoms with Gasteiger partial charge in [0.25, 0.3) is 0 Å². The molecule has 3 atom stereocenters. The summed E-state index contributed by atoms with van der Waals surface area (Å²) in [6.07, 6.45) is 8.16. The summed E-state index contributed by atoms with van der Waals surface area (Å²) in [4.78, 5) is 12.6. The fourth-order valence-electron chi connectivity index (χ4n) is 3.60. The van der Waals surface area contributed by atoms with Crippen molar-refractivity contribution in [2.75, 3.05) is 13.1 Å². The van der Waals surface area contributed by atoms with Crippen molar-refractivity contribution in [3.8, 4) is 0 Å². The highest BCUT2D eigenvalue weighted by Gasteiger charge is 2.41. The van der Waals surface area contributed by atoms with Gasteiger partial charge in [0.2, 0.25) is 5.91 Å². The summed E-state index contributed by atoms with van der Waals surface area (Å²) < 4.78 is 0. The van der Waals surface area contributed by atoms with E-state index in [1.54, 1.807) is 0 Å². The third-order valence-electron chi connectivity index (χ3n) is 4.88. The average Bonchev–Trinajstić information content (AvgIpc) is 2.82. The van der Waals surface area contributed by atoms with Crippen LogP contribution in [-0.2, 0) is 4.79 Å². The number of amides is 1. The lowest BCUT2D eigenvalue weighted by Gasteiger charge is -2.34. The summed E-state index contributed by atoms with van der Waals surface area (Å²) in [7, 11) is 0. The summed E-state index contributed by atoms with van der Waals surface area (Å²) in [5, 5.41) is 6.72. The van der Waals surface area contributed by atoms with Gasteiger partial charge in [-0.2, -0.15) is 0 Å². The van der Waals surface area contributed by atoms with Crippen LogP contribution in [0, 0.1) is 11.3 Å². The molecule has 2 aliphatic rings. The monoisotopic (exact) mass is 252 g/mol. The Bertz CT molecular complexity index is 284. The molecule has 1 aliphatic carbocycles. The van der Waals surface area contributed by atoms with Crippen molar-refractivity contribution in [3.63, 3.8) is 0 Å². The first kappa shape index (κ1) is 13.9. The Kier molecular flexibility index (Phi) is 4.66. The maximum absolute atomic E-state index is 12.6. The highest BCUT2D eigenvalue weighted by molar-refractivity contribution is 5.83. The second-order valence-electron chi connectivity index (χ2n) is 6.30. The van der Waals surface area contributed by atoms with E-state index in [2.05, 4.69) is 24.5 Å². The molecule has 104 valence electrons. The SMILES string of the molecule is CCCC1(C(=O)NC2CCCCC2C)CCNC1. The molecule has 0 bridgehead atoms. The molecule has 2 N–H and O–H groups in total. The van der Waals surface area contributed by atoms with Gasteiger partial charge in [0, 0.05) is 12.6 Å². The zero-order valence-electron chi connectivity index (χ0n) is 11.9. The van der Waals surface area contributed by atoms with Crippen molar-refractivity contribution in [2.24, 2.45) is 11.3 Å². The van der Waals surface area contributed by atoms with Gasteiger partial charge in [0.05, 0.1) is 5.41 Å². The Morgan fingerprint density at radius 2 is 2.17 bits per heavy atom. The third-order valence-corrected chi connectivity index (χ3v) is 4.88. The van der Waals surface area contributed by atoms with Gasteiger partial charge in [-0.1, -0.05) is 33.1 Å². The second kappa shape index (κ2) is 6.05. The van der Waals surface area contributed by atoms with Crippen LogP contribution in [0.4, 0.5) is 0 Å². The maximum atomic E-state index is 12.6. The minimum Gasteiger partial charge on any atom is -0.353 e. The zero-order valence-corrected chi connectivity index (χ0v) is 11.9. The van der Waals surface area contributed by atoms with E-state index in [9.17, 15) is 4.79 Å². The van der Waals surface area contributed by atoms with E-state index in [0.717, 1.165) is 32.4 Å². The molecule has 0 spiro atoms. The summed E-state index contributed by atoms with van der Waals surface area (Å²) in [6.45, 7) is 6.32. The zero-order chi connectivity index (χ0) is 13.0. The predicted molar refractivity (Wildman–Crippen MR) is 74.4 cm³/mol. The third kappa shape index (κ3) is 2.87. The van der Waals surface area contributed by atoms with Crippen LogP contribution >= 0.6 is 0 Å². The lowest BCUT2D eigenvalue weighted by atomic mass is 9.80. The van der Waals surface area contributed by atoms with Crippen LogP contribution in [0.3, 0.4) is 0 Å². The van der Waals surface area contributed by atoms with E-state index in [1.165, 1.54) is 25.7 Å². The largest absolute Gasteiger partial charge is 0.353 e. The van der Waals surface area contributed by atoms with Gasteiger partial charge in [-0.25, -0.2) is 0 Å². The number of rotatable bonds is 4. The highest BCUT2D eigenvalue weighted by atomic mass is 16.2. The van der Waals surface area contributed by atoms with E-state index in [4.69, 9.17) is 0 Å². The molecule has 3 heteroatoms. The second-order valence-corrected chi connectivity index (χ2v) is 6.30. The number of carbonyl (C=O) groups excluding carboxylic acids is 1. The van der Waals surface area contributed by atoms with Crippen LogP contribution in [0.15, 0.2) is 0 Å². The number of carbonyl (C=O) groups is 1. The van der Waals surface area contributed by atoms with Gasteiger partial charge in [0.1, 0.15) is 0 Å². The molecule has 1 amide bonds. The Hall–Kier alpha value is -0.570. The Balaban J connectivity index is 1.96. The van der Waals surface area contributed by atoms with Crippen molar-refractivity contribution < 1.29 is 4.79 Å². The van der Waals surface area contributed by atoms with Gasteiger partial charge in [-0.15, -0.1) is 0 Å². The van der Waals surface area contributed by atoms with Crippen LogP contribution in [0.5, 0.6) is 0 Å². The minimum atomic E-state index is -0.119. The van der Waals surface area contributed by atoms with Crippen LogP contribution in [-0.4, -0.2) is 25.0 Å². The molecule has 0 aromatic rings. The quantitative estimate of drug-likeness (QED) is 0.807. The molecule has 2 fully saturated rings. The van der Waals surface area contributed by atoms with Crippen molar-refractivity contribution >= 4 is 5.91 Å². The molecule has 0 aromatic carbocycles. The molecule has 1 saturated heterocycles. The van der Waals surface area contributed by atoms with Gasteiger partial charge < -0.3 is 10.6 Å². The molecule has 18 heavy (non-hydrogen) atoms. The summed E-state index contributed by atoms with van der Waals surface area (Å²) in [5.74, 6) is 0.962. The number of hydrogen-bond acceptors (Lipinski definition) is 2. The Morgan fingerprint density at radius 3 is 2.78 bits per heavy atom. The number of hydrogen-bond donors (Lipinski definition) is 2. The predicted octanol–water partition coefficient (Wildman–Crippen LogP) is 2.46.